The molecule has 142 valence electrons. The number of carbonyl (C=O) groups excluding carboxylic acids is 2. The highest BCUT2D eigenvalue weighted by Gasteiger charge is 2.34. The Hall–Kier alpha value is -2.66. The van der Waals surface area contributed by atoms with Crippen molar-refractivity contribution in [1.82, 2.24) is 10.2 Å². The standard InChI is InChI=1S/C22H26N2O3/c25-16-20(13-18-9-5-2-6-10-18)23-22(27)19-14-21(26)24(15-19)12-11-17-7-3-1-4-8-17/h1-10,19-20,25H,11-16H2,(H,23,27)/t19-,20-/m1/s1. The average Bonchev–Trinajstić information content (AvgIpc) is 3.08. The summed E-state index contributed by atoms with van der Waals surface area (Å²) in [4.78, 5) is 26.6. The molecule has 1 heterocycles. The lowest BCUT2D eigenvalue weighted by atomic mass is 10.0. The molecule has 27 heavy (non-hydrogen) atoms. The van der Waals surface area contributed by atoms with Crippen LogP contribution in [0.2, 0.25) is 0 Å². The second-order valence-corrected chi connectivity index (χ2v) is 7.05. The second-order valence-electron chi connectivity index (χ2n) is 7.05. The number of carbonyl (C=O) groups is 2. The number of rotatable bonds is 8. The van der Waals surface area contributed by atoms with Crippen molar-refractivity contribution in [2.45, 2.75) is 25.3 Å². The van der Waals surface area contributed by atoms with E-state index in [4.69, 9.17) is 0 Å². The topological polar surface area (TPSA) is 69.6 Å². The third-order valence-corrected chi connectivity index (χ3v) is 4.99. The normalized spacial score (nSPS) is 17.7. The summed E-state index contributed by atoms with van der Waals surface area (Å²) in [6, 6.07) is 19.4. The first kappa shape index (κ1) is 19.1. The van der Waals surface area contributed by atoms with Crippen LogP contribution < -0.4 is 5.32 Å². The van der Waals surface area contributed by atoms with E-state index in [1.807, 2.05) is 60.7 Å². The molecule has 1 saturated heterocycles. The van der Waals surface area contributed by atoms with Gasteiger partial charge in [-0.25, -0.2) is 0 Å². The number of benzene rings is 2. The number of aliphatic hydroxyl groups is 1. The third kappa shape index (κ3) is 5.41. The Morgan fingerprint density at radius 3 is 2.33 bits per heavy atom. The van der Waals surface area contributed by atoms with Gasteiger partial charge in [0.15, 0.2) is 0 Å². The monoisotopic (exact) mass is 366 g/mol. The Morgan fingerprint density at radius 2 is 1.70 bits per heavy atom. The summed E-state index contributed by atoms with van der Waals surface area (Å²) in [5.41, 5.74) is 2.24. The molecule has 2 aromatic rings. The molecule has 2 N–H and O–H groups in total. The van der Waals surface area contributed by atoms with E-state index in [0.29, 0.717) is 19.5 Å². The van der Waals surface area contributed by atoms with Crippen molar-refractivity contribution in [2.24, 2.45) is 5.92 Å². The van der Waals surface area contributed by atoms with Crippen LogP contribution in [0.1, 0.15) is 17.5 Å². The first-order chi connectivity index (χ1) is 13.2. The Labute approximate surface area is 160 Å². The zero-order valence-corrected chi connectivity index (χ0v) is 15.4. The molecule has 0 unspecified atom stereocenters. The van der Waals surface area contributed by atoms with Crippen molar-refractivity contribution in [3.63, 3.8) is 0 Å². The molecule has 0 saturated carbocycles. The highest BCUT2D eigenvalue weighted by molar-refractivity contribution is 5.89. The molecule has 1 aliphatic heterocycles. The van der Waals surface area contributed by atoms with Gasteiger partial charge in [0.1, 0.15) is 0 Å². The predicted octanol–water partition coefficient (Wildman–Crippen LogP) is 1.80. The SMILES string of the molecule is O=C(N[C@@H](CO)Cc1ccccc1)[C@@H]1CC(=O)N(CCc2ccccc2)C1. The van der Waals surface area contributed by atoms with Gasteiger partial charge in [-0.3, -0.25) is 9.59 Å². The quantitative estimate of drug-likeness (QED) is 0.748. The fraction of sp³-hybridized carbons (Fsp3) is 0.364. The van der Waals surface area contributed by atoms with Gasteiger partial charge in [0.05, 0.1) is 18.6 Å². The molecule has 0 aromatic heterocycles. The highest BCUT2D eigenvalue weighted by Crippen LogP contribution is 2.19. The Bertz CT molecular complexity index is 749. The highest BCUT2D eigenvalue weighted by atomic mass is 16.3. The van der Waals surface area contributed by atoms with E-state index in [0.717, 1.165) is 12.0 Å². The predicted molar refractivity (Wildman–Crippen MR) is 104 cm³/mol. The molecule has 2 atom stereocenters. The van der Waals surface area contributed by atoms with E-state index in [1.54, 1.807) is 4.90 Å². The van der Waals surface area contributed by atoms with Crippen LogP contribution in [0.5, 0.6) is 0 Å². The van der Waals surface area contributed by atoms with E-state index in [1.165, 1.54) is 5.56 Å². The largest absolute Gasteiger partial charge is 0.394 e. The number of aliphatic hydroxyl groups excluding tert-OH is 1. The van der Waals surface area contributed by atoms with Gasteiger partial charge in [-0.2, -0.15) is 0 Å². The van der Waals surface area contributed by atoms with Crippen molar-refractivity contribution in [3.05, 3.63) is 71.8 Å². The van der Waals surface area contributed by atoms with Gasteiger partial charge in [-0.1, -0.05) is 60.7 Å². The molecule has 0 radical (unpaired) electrons. The number of likely N-dealkylation sites (tertiary alicyclic amines) is 1. The Kier molecular flexibility index (Phi) is 6.60. The summed E-state index contributed by atoms with van der Waals surface area (Å²) in [5.74, 6) is -0.478. The zero-order chi connectivity index (χ0) is 19.1. The molecule has 0 spiro atoms. The Balaban J connectivity index is 1.50. The molecule has 1 aliphatic rings. The molecule has 5 nitrogen and oxygen atoms in total. The molecule has 1 fully saturated rings. The second kappa shape index (κ2) is 9.33. The fourth-order valence-electron chi connectivity index (χ4n) is 3.45. The van der Waals surface area contributed by atoms with E-state index in [-0.39, 0.29) is 36.8 Å². The molecule has 2 amide bonds. The maximum atomic E-state index is 12.6. The zero-order valence-electron chi connectivity index (χ0n) is 15.4. The van der Waals surface area contributed by atoms with Crippen LogP contribution in [0.3, 0.4) is 0 Å². The van der Waals surface area contributed by atoms with Crippen molar-refractivity contribution in [1.29, 1.82) is 0 Å². The number of nitrogens with one attached hydrogen (secondary N) is 1. The summed E-state index contributed by atoms with van der Waals surface area (Å²) >= 11 is 0. The minimum atomic E-state index is -0.349. The van der Waals surface area contributed by atoms with Crippen LogP contribution in [0.4, 0.5) is 0 Å². The van der Waals surface area contributed by atoms with Crippen molar-refractivity contribution < 1.29 is 14.7 Å². The van der Waals surface area contributed by atoms with Crippen LogP contribution in [-0.4, -0.2) is 47.6 Å². The first-order valence-corrected chi connectivity index (χ1v) is 9.42. The first-order valence-electron chi connectivity index (χ1n) is 9.42. The molecular formula is C22H26N2O3. The molecule has 0 bridgehead atoms. The Morgan fingerprint density at radius 1 is 1.07 bits per heavy atom. The maximum Gasteiger partial charge on any atom is 0.225 e. The summed E-state index contributed by atoms with van der Waals surface area (Å²) in [5, 5.41) is 12.5. The molecule has 2 aromatic carbocycles. The van der Waals surface area contributed by atoms with Crippen LogP contribution in [0, 0.1) is 5.92 Å². The van der Waals surface area contributed by atoms with Crippen LogP contribution in [0.15, 0.2) is 60.7 Å². The molecule has 0 aliphatic carbocycles. The number of hydrogen-bond acceptors (Lipinski definition) is 3. The van der Waals surface area contributed by atoms with Crippen LogP contribution >= 0.6 is 0 Å². The minimum Gasteiger partial charge on any atom is -0.394 e. The van der Waals surface area contributed by atoms with E-state index < -0.39 is 0 Å². The number of hydrogen-bond donors (Lipinski definition) is 2. The maximum absolute atomic E-state index is 12.6. The fourth-order valence-corrected chi connectivity index (χ4v) is 3.45. The van der Waals surface area contributed by atoms with Gasteiger partial charge < -0.3 is 15.3 Å². The summed E-state index contributed by atoms with van der Waals surface area (Å²) in [6.45, 7) is 0.945. The van der Waals surface area contributed by atoms with Gasteiger partial charge >= 0.3 is 0 Å². The van der Waals surface area contributed by atoms with Crippen molar-refractivity contribution in [3.8, 4) is 0 Å². The lowest BCUT2D eigenvalue weighted by molar-refractivity contribution is -0.129. The van der Waals surface area contributed by atoms with Gasteiger partial charge in [0.25, 0.3) is 0 Å². The van der Waals surface area contributed by atoms with E-state index in [2.05, 4.69) is 5.32 Å². The smallest absolute Gasteiger partial charge is 0.225 e. The van der Waals surface area contributed by atoms with E-state index in [9.17, 15) is 14.7 Å². The molecule has 5 heteroatoms. The lowest BCUT2D eigenvalue weighted by Gasteiger charge is -2.20. The van der Waals surface area contributed by atoms with Crippen LogP contribution in [0.25, 0.3) is 0 Å². The average molecular weight is 366 g/mol. The van der Waals surface area contributed by atoms with Crippen LogP contribution in [-0.2, 0) is 22.4 Å². The van der Waals surface area contributed by atoms with Gasteiger partial charge in [-0.05, 0) is 24.0 Å². The van der Waals surface area contributed by atoms with Crippen molar-refractivity contribution in [2.75, 3.05) is 19.7 Å². The molecule has 3 rings (SSSR count). The third-order valence-electron chi connectivity index (χ3n) is 4.99. The molecular weight excluding hydrogens is 340 g/mol. The van der Waals surface area contributed by atoms with Crippen molar-refractivity contribution >= 4 is 11.8 Å². The minimum absolute atomic E-state index is 0.0229. The van der Waals surface area contributed by atoms with E-state index >= 15 is 0 Å². The van der Waals surface area contributed by atoms with Gasteiger partial charge in [0, 0.05) is 19.5 Å². The summed E-state index contributed by atoms with van der Waals surface area (Å²) in [6.07, 6.45) is 1.60. The summed E-state index contributed by atoms with van der Waals surface area (Å²) < 4.78 is 0. The summed E-state index contributed by atoms with van der Waals surface area (Å²) in [7, 11) is 0. The van der Waals surface area contributed by atoms with Gasteiger partial charge in [-0.15, -0.1) is 0 Å². The van der Waals surface area contributed by atoms with Gasteiger partial charge in [0.2, 0.25) is 11.8 Å². The number of nitrogens with zero attached hydrogens (tertiary/aromatic N) is 1. The lowest BCUT2D eigenvalue weighted by Crippen LogP contribution is -2.43. The number of amides is 2.